The Labute approximate surface area is 344 Å². The number of benzene rings is 9. The Morgan fingerprint density at radius 2 is 1.05 bits per heavy atom. The molecule has 0 aliphatic heterocycles. The molecule has 0 saturated heterocycles. The minimum atomic E-state index is 0.492. The molecule has 0 radical (unpaired) electrons. The number of allylic oxidation sites excluding steroid dienone is 1. The van der Waals surface area contributed by atoms with Crippen molar-refractivity contribution in [2.45, 2.75) is 6.54 Å². The highest BCUT2D eigenvalue weighted by atomic mass is 14.8. The molecule has 10 aromatic rings. The van der Waals surface area contributed by atoms with Gasteiger partial charge in [0.05, 0.1) is 18.0 Å². The second-order valence-corrected chi connectivity index (χ2v) is 14.9. The zero-order valence-corrected chi connectivity index (χ0v) is 32.5. The van der Waals surface area contributed by atoms with E-state index in [0.29, 0.717) is 6.54 Å². The largest absolute Gasteiger partial charge is 0.280 e. The Bertz CT molecular complexity index is 3210. The van der Waals surface area contributed by atoms with Crippen LogP contribution in [0.2, 0.25) is 0 Å². The van der Waals surface area contributed by atoms with E-state index >= 15 is 0 Å². The van der Waals surface area contributed by atoms with Crippen LogP contribution in [0.5, 0.6) is 0 Å². The third kappa shape index (κ3) is 7.00. The van der Waals surface area contributed by atoms with E-state index in [1.807, 2.05) is 12.3 Å². The molecule has 0 bridgehead atoms. The van der Waals surface area contributed by atoms with Crippen LogP contribution in [0.25, 0.3) is 82.2 Å². The summed E-state index contributed by atoms with van der Waals surface area (Å²) in [6.45, 7) is 4.50. The molecule has 0 saturated carbocycles. The fourth-order valence-electron chi connectivity index (χ4n) is 8.37. The molecule has 0 unspecified atom stereocenters. The van der Waals surface area contributed by atoms with Crippen molar-refractivity contribution in [2.24, 2.45) is 9.98 Å². The molecule has 0 aliphatic rings. The summed E-state index contributed by atoms with van der Waals surface area (Å²) in [6, 6.07) is 69.2. The average molecular weight is 754 g/mol. The van der Waals surface area contributed by atoms with Crippen molar-refractivity contribution in [3.05, 3.63) is 229 Å². The lowest BCUT2D eigenvalue weighted by Crippen LogP contribution is -2.00. The normalized spacial score (nSPS) is 12.1. The van der Waals surface area contributed by atoms with Gasteiger partial charge in [0.25, 0.3) is 0 Å². The Balaban J connectivity index is 1.04. The molecule has 3 heteroatoms. The highest BCUT2D eigenvalue weighted by Gasteiger charge is 2.12. The molecule has 1 heterocycles. The van der Waals surface area contributed by atoms with Crippen molar-refractivity contribution in [1.29, 1.82) is 0 Å². The van der Waals surface area contributed by atoms with E-state index in [1.165, 1.54) is 54.2 Å². The van der Waals surface area contributed by atoms with Gasteiger partial charge in [0.15, 0.2) is 0 Å². The molecule has 0 atom stereocenters. The maximum absolute atomic E-state index is 5.31. The van der Waals surface area contributed by atoms with Gasteiger partial charge in [-0.25, -0.2) is 0 Å². The van der Waals surface area contributed by atoms with Crippen LogP contribution in [0.3, 0.4) is 0 Å². The van der Waals surface area contributed by atoms with Gasteiger partial charge >= 0.3 is 0 Å². The van der Waals surface area contributed by atoms with Crippen molar-refractivity contribution < 1.29 is 0 Å². The summed E-state index contributed by atoms with van der Waals surface area (Å²) in [6.07, 6.45) is 5.73. The molecule has 9 aromatic carbocycles. The standard InChI is InChI=1S/C56H39N3/c1-57-55(45-17-9-16-43(33-45)46-18-11-31-58-37-46)35-56(41-27-25-40(26-28-41)48-24-10-14-39-13-2-3-19-47(39)48)59-36-38-12-8-15-42(32-38)44-29-30-53-51-22-5-4-20-49(51)50-21-6-7-23-52(50)54(53)34-44/h2-35,37H,1,36H2/b55-35-,59-56+. The number of hydrogen-bond acceptors (Lipinski definition) is 3. The fraction of sp³-hybridized carbons (Fsp3) is 0.0179. The molecule has 0 amide bonds. The van der Waals surface area contributed by atoms with Crippen LogP contribution in [0.1, 0.15) is 16.7 Å². The average Bonchev–Trinajstić information content (AvgIpc) is 3.32. The topological polar surface area (TPSA) is 37.6 Å². The third-order valence-electron chi connectivity index (χ3n) is 11.3. The molecule has 1 aromatic heterocycles. The predicted molar refractivity (Wildman–Crippen MR) is 251 cm³/mol. The first-order chi connectivity index (χ1) is 29.2. The SMILES string of the molecule is C=N/C(=C\C(=N/Cc1cccc(-c2ccc3c4ccccc4c4ccccc4c3c2)c1)c1ccc(-c2cccc3ccccc23)cc1)c1cccc(-c2cccnc2)c1. The first-order valence-corrected chi connectivity index (χ1v) is 19.9. The van der Waals surface area contributed by atoms with Crippen LogP contribution < -0.4 is 0 Å². The van der Waals surface area contributed by atoms with Crippen molar-refractivity contribution in [3.63, 3.8) is 0 Å². The summed E-state index contributed by atoms with van der Waals surface area (Å²) in [5, 5.41) is 10.1. The van der Waals surface area contributed by atoms with E-state index in [2.05, 4.69) is 211 Å². The van der Waals surface area contributed by atoms with Crippen molar-refractivity contribution in [3.8, 4) is 33.4 Å². The molecule has 3 nitrogen and oxygen atoms in total. The fourth-order valence-corrected chi connectivity index (χ4v) is 8.37. The van der Waals surface area contributed by atoms with Crippen molar-refractivity contribution in [1.82, 2.24) is 4.98 Å². The third-order valence-corrected chi connectivity index (χ3v) is 11.3. The maximum atomic E-state index is 5.31. The van der Waals surface area contributed by atoms with Gasteiger partial charge in [0.1, 0.15) is 0 Å². The molecule has 0 spiro atoms. The Hall–Kier alpha value is -7.75. The highest BCUT2D eigenvalue weighted by Crippen LogP contribution is 2.37. The monoisotopic (exact) mass is 753 g/mol. The lowest BCUT2D eigenvalue weighted by Gasteiger charge is -2.12. The van der Waals surface area contributed by atoms with Gasteiger partial charge in [-0.3, -0.25) is 15.0 Å². The number of nitrogens with zero attached hydrogens (tertiary/aromatic N) is 3. The summed E-state index contributed by atoms with van der Waals surface area (Å²) in [4.78, 5) is 14.2. The van der Waals surface area contributed by atoms with E-state index in [0.717, 1.165) is 50.4 Å². The quantitative estimate of drug-likeness (QED) is 0.107. The van der Waals surface area contributed by atoms with E-state index in [4.69, 9.17) is 4.99 Å². The summed E-state index contributed by atoms with van der Waals surface area (Å²) in [5.41, 5.74) is 11.5. The summed E-state index contributed by atoms with van der Waals surface area (Å²) in [5.74, 6) is 0. The van der Waals surface area contributed by atoms with Crippen LogP contribution in [-0.4, -0.2) is 17.4 Å². The first kappa shape index (κ1) is 35.6. The summed E-state index contributed by atoms with van der Waals surface area (Å²) < 4.78 is 0. The molecule has 0 fully saturated rings. The number of pyridine rings is 1. The number of hydrogen-bond donors (Lipinski definition) is 0. The lowest BCUT2D eigenvalue weighted by atomic mass is 9.92. The zero-order valence-electron chi connectivity index (χ0n) is 32.5. The Morgan fingerprint density at radius 1 is 0.458 bits per heavy atom. The van der Waals surface area contributed by atoms with Crippen molar-refractivity contribution >= 4 is 61.2 Å². The molecule has 278 valence electrons. The van der Waals surface area contributed by atoms with E-state index in [9.17, 15) is 0 Å². The minimum Gasteiger partial charge on any atom is -0.280 e. The van der Waals surface area contributed by atoms with Gasteiger partial charge < -0.3 is 0 Å². The first-order valence-electron chi connectivity index (χ1n) is 19.9. The zero-order chi connectivity index (χ0) is 39.5. The number of aromatic nitrogens is 1. The van der Waals surface area contributed by atoms with Crippen LogP contribution in [0.4, 0.5) is 0 Å². The molecule has 0 N–H and O–H groups in total. The van der Waals surface area contributed by atoms with Crippen LogP contribution in [0.15, 0.2) is 223 Å². The van der Waals surface area contributed by atoms with Gasteiger partial charge in [0, 0.05) is 23.5 Å². The van der Waals surface area contributed by atoms with E-state index in [-0.39, 0.29) is 0 Å². The van der Waals surface area contributed by atoms with Gasteiger partial charge in [-0.15, -0.1) is 0 Å². The molecular formula is C56H39N3. The minimum absolute atomic E-state index is 0.492. The van der Waals surface area contributed by atoms with Crippen LogP contribution in [0, 0.1) is 0 Å². The molecule has 0 aliphatic carbocycles. The van der Waals surface area contributed by atoms with E-state index in [1.54, 1.807) is 6.20 Å². The smallest absolute Gasteiger partial charge is 0.0716 e. The Kier molecular flexibility index (Phi) is 9.46. The highest BCUT2D eigenvalue weighted by molar-refractivity contribution is 6.25. The van der Waals surface area contributed by atoms with Gasteiger partial charge in [-0.1, -0.05) is 170 Å². The number of rotatable bonds is 9. The number of fused-ring (bicyclic) bond motifs is 7. The van der Waals surface area contributed by atoms with Crippen LogP contribution >= 0.6 is 0 Å². The van der Waals surface area contributed by atoms with Crippen LogP contribution in [-0.2, 0) is 6.54 Å². The van der Waals surface area contributed by atoms with Gasteiger partial charge in [-0.2, -0.15) is 0 Å². The maximum Gasteiger partial charge on any atom is 0.0716 e. The predicted octanol–water partition coefficient (Wildman–Crippen LogP) is 14.4. The second kappa shape index (κ2) is 15.7. The van der Waals surface area contributed by atoms with Gasteiger partial charge in [-0.05, 0) is 119 Å². The molecule has 59 heavy (non-hydrogen) atoms. The van der Waals surface area contributed by atoms with Gasteiger partial charge in [0.2, 0.25) is 0 Å². The molecular weight excluding hydrogens is 715 g/mol. The summed E-state index contributed by atoms with van der Waals surface area (Å²) in [7, 11) is 0. The second-order valence-electron chi connectivity index (χ2n) is 14.9. The molecule has 10 rings (SSSR count). The van der Waals surface area contributed by atoms with Crippen molar-refractivity contribution in [2.75, 3.05) is 0 Å². The summed E-state index contributed by atoms with van der Waals surface area (Å²) >= 11 is 0. The lowest BCUT2D eigenvalue weighted by molar-refractivity contribution is 1.07. The number of aliphatic imine (C=N–C) groups is 2. The Morgan fingerprint density at radius 3 is 1.78 bits per heavy atom. The van der Waals surface area contributed by atoms with E-state index < -0.39 is 0 Å².